The van der Waals surface area contributed by atoms with Gasteiger partial charge in [-0.3, -0.25) is 0 Å². The molecule has 3 aromatic carbocycles. The molecule has 0 unspecified atom stereocenters. The van der Waals surface area contributed by atoms with E-state index in [0.29, 0.717) is 12.6 Å². The number of hydrogen-bond donors (Lipinski definition) is 1. The molecule has 0 fully saturated rings. The Hall–Kier alpha value is -2.03. The van der Waals surface area contributed by atoms with E-state index < -0.39 is 0 Å². The first-order valence-corrected chi connectivity index (χ1v) is 9.17. The zero-order valence-electron chi connectivity index (χ0n) is 14.8. The topological polar surface area (TPSA) is 21.3 Å². The first-order chi connectivity index (χ1) is 12.2. The monoisotopic (exact) mass is 353 g/mol. The van der Waals surface area contributed by atoms with Crippen molar-refractivity contribution in [3.8, 4) is 5.75 Å². The molecule has 1 atom stereocenters. The number of halogens is 1. The van der Waals surface area contributed by atoms with E-state index in [2.05, 4.69) is 55.6 Å². The summed E-state index contributed by atoms with van der Waals surface area (Å²) in [6.45, 7) is 5.65. The van der Waals surface area contributed by atoms with Crippen molar-refractivity contribution in [2.75, 3.05) is 0 Å². The van der Waals surface area contributed by atoms with E-state index in [4.69, 9.17) is 16.3 Å². The molecule has 0 radical (unpaired) electrons. The van der Waals surface area contributed by atoms with Crippen LogP contribution in [0, 0.1) is 0 Å². The maximum Gasteiger partial charge on any atom is 0.124 e. The van der Waals surface area contributed by atoms with Gasteiger partial charge in [-0.1, -0.05) is 67.1 Å². The van der Waals surface area contributed by atoms with E-state index in [1.165, 1.54) is 16.3 Å². The van der Waals surface area contributed by atoms with Gasteiger partial charge in [0.05, 0.1) is 0 Å². The van der Waals surface area contributed by atoms with Crippen molar-refractivity contribution in [1.29, 1.82) is 0 Å². The standard InChI is InChI=1S/C22H24ClNO/c1-3-16(2)24-14-20-19-10-6-4-8-17(19)12-13-22(20)25-15-18-9-5-7-11-21(18)23/h4-13,16,24H,3,14-15H2,1-2H3/t16-/m1/s1. The van der Waals surface area contributed by atoms with Crippen molar-refractivity contribution < 1.29 is 4.74 Å². The van der Waals surface area contributed by atoms with Crippen LogP contribution in [0.2, 0.25) is 5.02 Å². The first kappa shape index (κ1) is 17.8. The van der Waals surface area contributed by atoms with Crippen LogP contribution >= 0.6 is 11.6 Å². The lowest BCUT2D eigenvalue weighted by molar-refractivity contribution is 0.302. The third-order valence-electron chi connectivity index (χ3n) is 4.58. The molecular formula is C22H24ClNO. The highest BCUT2D eigenvalue weighted by atomic mass is 35.5. The van der Waals surface area contributed by atoms with Gasteiger partial charge in [-0.25, -0.2) is 0 Å². The number of benzene rings is 3. The van der Waals surface area contributed by atoms with Crippen LogP contribution in [0.1, 0.15) is 31.4 Å². The number of hydrogen-bond acceptors (Lipinski definition) is 2. The minimum atomic E-state index is 0.467. The predicted molar refractivity (Wildman–Crippen MR) is 106 cm³/mol. The first-order valence-electron chi connectivity index (χ1n) is 8.79. The number of rotatable bonds is 7. The fourth-order valence-corrected chi connectivity index (χ4v) is 3.02. The maximum atomic E-state index is 6.25. The van der Waals surface area contributed by atoms with E-state index in [1.807, 2.05) is 24.3 Å². The second-order valence-corrected chi connectivity index (χ2v) is 6.74. The van der Waals surface area contributed by atoms with Crippen molar-refractivity contribution in [3.05, 3.63) is 76.8 Å². The molecule has 0 amide bonds. The van der Waals surface area contributed by atoms with Gasteiger partial charge in [-0.05, 0) is 36.2 Å². The summed E-state index contributed by atoms with van der Waals surface area (Å²) in [6.07, 6.45) is 1.10. The van der Waals surface area contributed by atoms with E-state index in [1.54, 1.807) is 0 Å². The Morgan fingerprint density at radius 1 is 1.00 bits per heavy atom. The Morgan fingerprint density at radius 3 is 2.56 bits per heavy atom. The average Bonchev–Trinajstić information content (AvgIpc) is 2.65. The Labute approximate surface area is 154 Å². The molecule has 0 aromatic heterocycles. The van der Waals surface area contributed by atoms with E-state index >= 15 is 0 Å². The summed E-state index contributed by atoms with van der Waals surface area (Å²) in [6, 6.07) is 20.9. The molecular weight excluding hydrogens is 330 g/mol. The fourth-order valence-electron chi connectivity index (χ4n) is 2.83. The second-order valence-electron chi connectivity index (χ2n) is 6.33. The Balaban J connectivity index is 1.89. The summed E-state index contributed by atoms with van der Waals surface area (Å²) in [5, 5.41) is 6.78. The molecule has 3 heteroatoms. The number of fused-ring (bicyclic) bond motifs is 1. The van der Waals surface area contributed by atoms with Crippen LogP contribution in [0.15, 0.2) is 60.7 Å². The maximum absolute atomic E-state index is 6.25. The highest BCUT2D eigenvalue weighted by Gasteiger charge is 2.11. The molecule has 3 rings (SSSR count). The van der Waals surface area contributed by atoms with Crippen molar-refractivity contribution in [3.63, 3.8) is 0 Å². The SMILES string of the molecule is CC[C@@H](C)NCc1c(OCc2ccccc2Cl)ccc2ccccc12. The Kier molecular flexibility index (Phi) is 5.95. The lowest BCUT2D eigenvalue weighted by Crippen LogP contribution is -2.24. The van der Waals surface area contributed by atoms with Crippen LogP contribution in [0.4, 0.5) is 0 Å². The lowest BCUT2D eigenvalue weighted by atomic mass is 10.0. The molecule has 25 heavy (non-hydrogen) atoms. The molecule has 0 aliphatic heterocycles. The lowest BCUT2D eigenvalue weighted by Gasteiger charge is -2.17. The molecule has 2 nitrogen and oxygen atoms in total. The predicted octanol–water partition coefficient (Wildman–Crippen LogP) is 5.96. The quantitative estimate of drug-likeness (QED) is 0.565. The summed E-state index contributed by atoms with van der Waals surface area (Å²) in [7, 11) is 0. The number of ether oxygens (including phenoxy) is 1. The zero-order valence-corrected chi connectivity index (χ0v) is 15.5. The number of nitrogens with one attached hydrogen (secondary N) is 1. The van der Waals surface area contributed by atoms with Gasteiger partial charge in [0.1, 0.15) is 12.4 Å². The molecule has 3 aromatic rings. The molecule has 0 saturated carbocycles. The zero-order chi connectivity index (χ0) is 17.6. The molecule has 0 aliphatic rings. The van der Waals surface area contributed by atoms with E-state index in [0.717, 1.165) is 29.3 Å². The van der Waals surface area contributed by atoms with Gasteiger partial charge in [0.25, 0.3) is 0 Å². The minimum Gasteiger partial charge on any atom is -0.488 e. The highest BCUT2D eigenvalue weighted by Crippen LogP contribution is 2.29. The van der Waals surface area contributed by atoms with Gasteiger partial charge in [0.15, 0.2) is 0 Å². The molecule has 0 aliphatic carbocycles. The molecule has 1 N–H and O–H groups in total. The normalized spacial score (nSPS) is 12.3. The minimum absolute atomic E-state index is 0.467. The fraction of sp³-hybridized carbons (Fsp3) is 0.273. The van der Waals surface area contributed by atoms with Gasteiger partial charge in [0, 0.05) is 28.7 Å². The Bertz CT molecular complexity index is 846. The van der Waals surface area contributed by atoms with Crippen molar-refractivity contribution in [1.82, 2.24) is 5.32 Å². The largest absolute Gasteiger partial charge is 0.488 e. The molecule has 0 bridgehead atoms. The van der Waals surface area contributed by atoms with E-state index in [9.17, 15) is 0 Å². The smallest absolute Gasteiger partial charge is 0.124 e. The van der Waals surface area contributed by atoms with Crippen LogP contribution in [-0.4, -0.2) is 6.04 Å². The van der Waals surface area contributed by atoms with Crippen LogP contribution in [-0.2, 0) is 13.2 Å². The third kappa shape index (κ3) is 4.33. The third-order valence-corrected chi connectivity index (χ3v) is 4.95. The van der Waals surface area contributed by atoms with Gasteiger partial charge in [-0.2, -0.15) is 0 Å². The van der Waals surface area contributed by atoms with Crippen LogP contribution in [0.5, 0.6) is 5.75 Å². The molecule has 0 heterocycles. The van der Waals surface area contributed by atoms with Gasteiger partial charge in [0.2, 0.25) is 0 Å². The van der Waals surface area contributed by atoms with Crippen LogP contribution in [0.3, 0.4) is 0 Å². The summed E-state index contributed by atoms with van der Waals surface area (Å²) in [4.78, 5) is 0. The molecule has 0 spiro atoms. The van der Waals surface area contributed by atoms with Gasteiger partial charge >= 0.3 is 0 Å². The Morgan fingerprint density at radius 2 is 1.76 bits per heavy atom. The van der Waals surface area contributed by atoms with Crippen LogP contribution < -0.4 is 10.1 Å². The van der Waals surface area contributed by atoms with E-state index in [-0.39, 0.29) is 0 Å². The average molecular weight is 354 g/mol. The van der Waals surface area contributed by atoms with Crippen molar-refractivity contribution in [2.45, 2.75) is 39.5 Å². The van der Waals surface area contributed by atoms with Crippen LogP contribution in [0.25, 0.3) is 10.8 Å². The molecule has 130 valence electrons. The highest BCUT2D eigenvalue weighted by molar-refractivity contribution is 6.31. The second kappa shape index (κ2) is 8.37. The summed E-state index contributed by atoms with van der Waals surface area (Å²) >= 11 is 6.25. The summed E-state index contributed by atoms with van der Waals surface area (Å²) < 4.78 is 6.15. The summed E-state index contributed by atoms with van der Waals surface area (Å²) in [5.41, 5.74) is 2.20. The van der Waals surface area contributed by atoms with Gasteiger partial charge in [-0.15, -0.1) is 0 Å². The van der Waals surface area contributed by atoms with Gasteiger partial charge < -0.3 is 10.1 Å². The summed E-state index contributed by atoms with van der Waals surface area (Å²) in [5.74, 6) is 0.912. The molecule has 0 saturated heterocycles. The van der Waals surface area contributed by atoms with Crippen molar-refractivity contribution >= 4 is 22.4 Å². The van der Waals surface area contributed by atoms with Crippen molar-refractivity contribution in [2.24, 2.45) is 0 Å².